The maximum Gasteiger partial charge on any atom is 0.121 e. The lowest BCUT2D eigenvalue weighted by molar-refractivity contribution is 0.143. The number of ether oxygens (including phenoxy) is 1. The van der Waals surface area contributed by atoms with E-state index in [1.54, 1.807) is 7.11 Å². The lowest BCUT2D eigenvalue weighted by Gasteiger charge is -2.21. The van der Waals surface area contributed by atoms with Gasteiger partial charge < -0.3 is 14.7 Å². The summed E-state index contributed by atoms with van der Waals surface area (Å²) in [7, 11) is 1.68. The van der Waals surface area contributed by atoms with Crippen LogP contribution in [0.4, 0.5) is 0 Å². The predicted octanol–water partition coefficient (Wildman–Crippen LogP) is 3.30. The smallest absolute Gasteiger partial charge is 0.121 e. The number of hydrogen-bond donors (Lipinski definition) is 1. The second-order valence-corrected chi connectivity index (χ2v) is 5.79. The molecule has 0 bridgehead atoms. The van der Waals surface area contributed by atoms with Crippen LogP contribution in [0.2, 0.25) is 0 Å². The fourth-order valence-corrected chi connectivity index (χ4v) is 2.94. The zero-order valence-electron chi connectivity index (χ0n) is 12.8. The average Bonchev–Trinajstić information content (AvgIpc) is 2.73. The molecule has 0 amide bonds. The van der Waals surface area contributed by atoms with Crippen LogP contribution in [0.1, 0.15) is 49.3 Å². The molecule has 112 valence electrons. The van der Waals surface area contributed by atoms with Crippen molar-refractivity contribution in [1.82, 2.24) is 4.90 Å². The molecule has 0 aromatic heterocycles. The summed E-state index contributed by atoms with van der Waals surface area (Å²) >= 11 is 0. The third-order valence-corrected chi connectivity index (χ3v) is 4.22. The lowest BCUT2D eigenvalue weighted by Crippen LogP contribution is -2.26. The van der Waals surface area contributed by atoms with Crippen LogP contribution in [-0.4, -0.2) is 36.8 Å². The van der Waals surface area contributed by atoms with Gasteiger partial charge in [0.25, 0.3) is 0 Å². The fourth-order valence-electron chi connectivity index (χ4n) is 2.94. The van der Waals surface area contributed by atoms with Gasteiger partial charge >= 0.3 is 0 Å². The Bertz CT molecular complexity index is 411. The maximum absolute atomic E-state index is 10.3. The van der Waals surface area contributed by atoms with Gasteiger partial charge in [-0.05, 0) is 62.5 Å². The van der Waals surface area contributed by atoms with Gasteiger partial charge in [-0.3, -0.25) is 0 Å². The Morgan fingerprint density at radius 1 is 1.20 bits per heavy atom. The summed E-state index contributed by atoms with van der Waals surface area (Å²) in [5.74, 6) is 0.883. The number of rotatable bonds is 5. The molecule has 1 atom stereocenters. The molecule has 1 heterocycles. The number of aliphatic hydroxyl groups is 1. The van der Waals surface area contributed by atoms with Gasteiger partial charge in [0.05, 0.1) is 13.2 Å². The number of hydrogen-bond acceptors (Lipinski definition) is 3. The van der Waals surface area contributed by atoms with Crippen molar-refractivity contribution >= 4 is 0 Å². The van der Waals surface area contributed by atoms with Crippen LogP contribution in [-0.2, 0) is 0 Å². The van der Waals surface area contributed by atoms with E-state index in [0.717, 1.165) is 29.8 Å². The molecular formula is C17H27NO2. The first-order valence-corrected chi connectivity index (χ1v) is 7.75. The van der Waals surface area contributed by atoms with Gasteiger partial charge in [0.2, 0.25) is 0 Å². The number of aryl methyl sites for hydroxylation is 1. The first-order chi connectivity index (χ1) is 9.70. The highest BCUT2D eigenvalue weighted by Crippen LogP contribution is 2.24. The highest BCUT2D eigenvalue weighted by molar-refractivity contribution is 5.36. The Morgan fingerprint density at radius 2 is 1.90 bits per heavy atom. The molecule has 3 nitrogen and oxygen atoms in total. The minimum atomic E-state index is -0.372. The van der Waals surface area contributed by atoms with Crippen LogP contribution in [0.3, 0.4) is 0 Å². The highest BCUT2D eigenvalue weighted by atomic mass is 16.5. The molecule has 3 heteroatoms. The van der Waals surface area contributed by atoms with Crippen molar-refractivity contribution in [2.45, 2.75) is 45.1 Å². The first-order valence-electron chi connectivity index (χ1n) is 7.75. The van der Waals surface area contributed by atoms with E-state index in [4.69, 9.17) is 4.74 Å². The number of benzene rings is 1. The van der Waals surface area contributed by atoms with E-state index in [1.165, 1.54) is 38.8 Å². The number of likely N-dealkylation sites (tertiary alicyclic amines) is 1. The fraction of sp³-hybridized carbons (Fsp3) is 0.647. The summed E-state index contributed by atoms with van der Waals surface area (Å²) < 4.78 is 5.26. The molecule has 0 aliphatic carbocycles. The zero-order chi connectivity index (χ0) is 14.4. The third kappa shape index (κ3) is 4.22. The van der Waals surface area contributed by atoms with Crippen LogP contribution in [0.25, 0.3) is 0 Å². The van der Waals surface area contributed by atoms with Gasteiger partial charge in [-0.25, -0.2) is 0 Å². The molecule has 0 saturated carbocycles. The molecule has 0 spiro atoms. The topological polar surface area (TPSA) is 32.7 Å². The summed E-state index contributed by atoms with van der Waals surface area (Å²) in [4.78, 5) is 2.49. The van der Waals surface area contributed by atoms with E-state index in [0.29, 0.717) is 0 Å². The van der Waals surface area contributed by atoms with Crippen LogP contribution in [0, 0.1) is 6.92 Å². The summed E-state index contributed by atoms with van der Waals surface area (Å²) in [6, 6.07) is 5.95. The molecule has 1 N–H and O–H groups in total. The Morgan fingerprint density at radius 3 is 2.50 bits per heavy atom. The van der Waals surface area contributed by atoms with Crippen molar-refractivity contribution in [2.24, 2.45) is 0 Å². The van der Waals surface area contributed by atoms with Gasteiger partial charge in [-0.2, -0.15) is 0 Å². The zero-order valence-corrected chi connectivity index (χ0v) is 12.8. The predicted molar refractivity (Wildman–Crippen MR) is 82.2 cm³/mol. The van der Waals surface area contributed by atoms with Gasteiger partial charge in [0.1, 0.15) is 5.75 Å². The molecule has 1 aliphatic rings. The SMILES string of the molecule is COc1ccc(C(O)CCN2CCCCCC2)cc1C. The summed E-state index contributed by atoms with van der Waals surface area (Å²) in [5.41, 5.74) is 2.08. The van der Waals surface area contributed by atoms with Crippen molar-refractivity contribution in [2.75, 3.05) is 26.7 Å². The standard InChI is InChI=1S/C17H27NO2/c1-14-13-15(7-8-17(14)20-2)16(19)9-12-18-10-5-3-4-6-11-18/h7-8,13,16,19H,3-6,9-12H2,1-2H3. The van der Waals surface area contributed by atoms with Gasteiger partial charge in [0.15, 0.2) is 0 Å². The molecule has 1 aromatic rings. The normalized spacial score (nSPS) is 18.6. The van der Waals surface area contributed by atoms with Crippen LogP contribution in [0.15, 0.2) is 18.2 Å². The van der Waals surface area contributed by atoms with E-state index in [-0.39, 0.29) is 6.10 Å². The second kappa shape index (κ2) is 7.65. The molecule has 1 aliphatic heterocycles. The van der Waals surface area contributed by atoms with Gasteiger partial charge in [-0.1, -0.05) is 18.9 Å². The molecule has 1 saturated heterocycles. The van der Waals surface area contributed by atoms with Crippen LogP contribution in [0.5, 0.6) is 5.75 Å². The number of nitrogens with zero attached hydrogens (tertiary/aromatic N) is 1. The van der Waals surface area contributed by atoms with Crippen LogP contribution >= 0.6 is 0 Å². The van der Waals surface area contributed by atoms with Gasteiger partial charge in [-0.15, -0.1) is 0 Å². The second-order valence-electron chi connectivity index (χ2n) is 5.79. The van der Waals surface area contributed by atoms with E-state index >= 15 is 0 Å². The third-order valence-electron chi connectivity index (χ3n) is 4.22. The van der Waals surface area contributed by atoms with E-state index in [2.05, 4.69) is 4.90 Å². The number of methoxy groups -OCH3 is 1. The monoisotopic (exact) mass is 277 g/mol. The van der Waals surface area contributed by atoms with E-state index in [9.17, 15) is 5.11 Å². The Labute approximate surface area is 122 Å². The highest BCUT2D eigenvalue weighted by Gasteiger charge is 2.13. The quantitative estimate of drug-likeness (QED) is 0.896. The summed E-state index contributed by atoms with van der Waals surface area (Å²) in [6.07, 6.45) is 5.76. The summed E-state index contributed by atoms with van der Waals surface area (Å²) in [5, 5.41) is 10.3. The molecule has 20 heavy (non-hydrogen) atoms. The first kappa shape index (κ1) is 15.3. The van der Waals surface area contributed by atoms with Crippen molar-refractivity contribution in [3.8, 4) is 5.75 Å². The Kier molecular flexibility index (Phi) is 5.86. The molecule has 1 fully saturated rings. The summed E-state index contributed by atoms with van der Waals surface area (Å²) in [6.45, 7) is 5.39. The van der Waals surface area contributed by atoms with Crippen molar-refractivity contribution in [3.05, 3.63) is 29.3 Å². The van der Waals surface area contributed by atoms with Crippen LogP contribution < -0.4 is 4.74 Å². The largest absolute Gasteiger partial charge is 0.496 e. The molecule has 0 radical (unpaired) electrons. The molecule has 2 rings (SSSR count). The lowest BCUT2D eigenvalue weighted by atomic mass is 10.0. The van der Waals surface area contributed by atoms with Crippen molar-refractivity contribution < 1.29 is 9.84 Å². The molecule has 1 aromatic carbocycles. The molecule has 1 unspecified atom stereocenters. The van der Waals surface area contributed by atoms with E-state index in [1.807, 2.05) is 25.1 Å². The Hall–Kier alpha value is -1.06. The van der Waals surface area contributed by atoms with E-state index < -0.39 is 0 Å². The minimum absolute atomic E-state index is 0.372. The molecular weight excluding hydrogens is 250 g/mol. The van der Waals surface area contributed by atoms with Gasteiger partial charge in [0, 0.05) is 6.54 Å². The minimum Gasteiger partial charge on any atom is -0.496 e. The average molecular weight is 277 g/mol. The van der Waals surface area contributed by atoms with Crippen molar-refractivity contribution in [1.29, 1.82) is 0 Å². The maximum atomic E-state index is 10.3. The van der Waals surface area contributed by atoms with Crippen molar-refractivity contribution in [3.63, 3.8) is 0 Å². The number of aliphatic hydroxyl groups excluding tert-OH is 1. The Balaban J connectivity index is 1.87.